The van der Waals surface area contributed by atoms with E-state index in [1.807, 2.05) is 24.3 Å². The number of hydrogen-bond donors (Lipinski definition) is 2. The maximum atomic E-state index is 12.2. The van der Waals surface area contributed by atoms with E-state index in [2.05, 4.69) is 36.2 Å². The second-order valence-corrected chi connectivity index (χ2v) is 7.64. The molecule has 3 rings (SSSR count). The summed E-state index contributed by atoms with van der Waals surface area (Å²) in [6.07, 6.45) is 0. The molecule has 0 radical (unpaired) electrons. The van der Waals surface area contributed by atoms with Crippen molar-refractivity contribution < 1.29 is 9.32 Å². The van der Waals surface area contributed by atoms with Crippen LogP contribution in [0.15, 0.2) is 53.1 Å². The normalized spacial score (nSPS) is 11.0. The van der Waals surface area contributed by atoms with Crippen LogP contribution in [0.3, 0.4) is 0 Å². The summed E-state index contributed by atoms with van der Waals surface area (Å²) in [6, 6.07) is 14.8. The molecule has 0 atom stereocenters. The quantitative estimate of drug-likeness (QED) is 0.673. The Morgan fingerprint density at radius 3 is 2.21 bits per heavy atom. The molecule has 0 spiro atoms. The standard InChI is InChI=1S/C21H24N4O2.ClH/c1-21(2,3)13-23-19(26)16-8-10-17(11-9-16)20-24-18(25-27-20)15-6-4-14(12-22)5-7-15;/h4-11H,12-13,22H2,1-3H3,(H,23,26);1H. The zero-order chi connectivity index (χ0) is 19.4. The highest BCUT2D eigenvalue weighted by Gasteiger charge is 2.14. The van der Waals surface area contributed by atoms with E-state index in [9.17, 15) is 4.79 Å². The zero-order valence-electron chi connectivity index (χ0n) is 16.2. The van der Waals surface area contributed by atoms with Gasteiger partial charge in [0.15, 0.2) is 0 Å². The van der Waals surface area contributed by atoms with Gasteiger partial charge in [-0.25, -0.2) is 0 Å². The molecule has 7 heteroatoms. The molecule has 6 nitrogen and oxygen atoms in total. The number of amides is 1. The van der Waals surface area contributed by atoms with Crippen LogP contribution in [0.5, 0.6) is 0 Å². The van der Waals surface area contributed by atoms with Gasteiger partial charge in [0.2, 0.25) is 5.82 Å². The zero-order valence-corrected chi connectivity index (χ0v) is 17.0. The molecule has 0 fully saturated rings. The maximum absolute atomic E-state index is 12.2. The lowest BCUT2D eigenvalue weighted by molar-refractivity contribution is 0.0939. The Morgan fingerprint density at radius 2 is 1.64 bits per heavy atom. The second kappa shape index (κ2) is 8.99. The van der Waals surface area contributed by atoms with Crippen molar-refractivity contribution >= 4 is 18.3 Å². The van der Waals surface area contributed by atoms with Crippen molar-refractivity contribution in [3.8, 4) is 22.8 Å². The molecule has 3 aromatic rings. The lowest BCUT2D eigenvalue weighted by Crippen LogP contribution is -2.32. The fourth-order valence-electron chi connectivity index (χ4n) is 2.46. The van der Waals surface area contributed by atoms with Crippen LogP contribution in [0.2, 0.25) is 0 Å². The smallest absolute Gasteiger partial charge is 0.258 e. The summed E-state index contributed by atoms with van der Waals surface area (Å²) >= 11 is 0. The topological polar surface area (TPSA) is 94.0 Å². The van der Waals surface area contributed by atoms with Gasteiger partial charge >= 0.3 is 0 Å². The maximum Gasteiger partial charge on any atom is 0.258 e. The first-order chi connectivity index (χ1) is 12.9. The molecule has 0 aliphatic rings. The molecule has 1 amide bonds. The van der Waals surface area contributed by atoms with Crippen LogP contribution in [0.1, 0.15) is 36.7 Å². The molecule has 2 aromatic carbocycles. The molecule has 3 N–H and O–H groups in total. The molecular weight excluding hydrogens is 376 g/mol. The third-order valence-electron chi connectivity index (χ3n) is 4.05. The van der Waals surface area contributed by atoms with Gasteiger partial charge in [-0.15, -0.1) is 12.4 Å². The largest absolute Gasteiger partial charge is 0.352 e. The highest BCUT2D eigenvalue weighted by molar-refractivity contribution is 5.94. The van der Waals surface area contributed by atoms with E-state index in [0.29, 0.717) is 30.4 Å². The Labute approximate surface area is 170 Å². The summed E-state index contributed by atoms with van der Waals surface area (Å²) in [5, 5.41) is 6.97. The molecule has 0 unspecified atom stereocenters. The lowest BCUT2D eigenvalue weighted by atomic mass is 9.97. The summed E-state index contributed by atoms with van der Waals surface area (Å²) in [4.78, 5) is 16.6. The van der Waals surface area contributed by atoms with Gasteiger partial charge in [-0.1, -0.05) is 50.2 Å². The number of nitrogens with two attached hydrogens (primary N) is 1. The first-order valence-corrected chi connectivity index (χ1v) is 8.87. The number of halogens is 1. The number of carbonyl (C=O) groups is 1. The summed E-state index contributed by atoms with van der Waals surface area (Å²) in [6.45, 7) is 7.34. The summed E-state index contributed by atoms with van der Waals surface area (Å²) in [5.74, 6) is 0.831. The average molecular weight is 401 g/mol. The molecule has 0 aliphatic heterocycles. The molecule has 28 heavy (non-hydrogen) atoms. The molecule has 148 valence electrons. The first-order valence-electron chi connectivity index (χ1n) is 8.87. The van der Waals surface area contributed by atoms with Crippen molar-refractivity contribution in [2.24, 2.45) is 11.1 Å². The molecule has 0 aliphatic carbocycles. The summed E-state index contributed by atoms with van der Waals surface area (Å²) in [7, 11) is 0. The highest BCUT2D eigenvalue weighted by Crippen LogP contribution is 2.23. The van der Waals surface area contributed by atoms with Gasteiger partial charge in [0.25, 0.3) is 11.8 Å². The van der Waals surface area contributed by atoms with Crippen molar-refractivity contribution in [1.29, 1.82) is 0 Å². The van der Waals surface area contributed by atoms with Crippen LogP contribution in [0.4, 0.5) is 0 Å². The van der Waals surface area contributed by atoms with Crippen molar-refractivity contribution in [1.82, 2.24) is 15.5 Å². The second-order valence-electron chi connectivity index (χ2n) is 7.64. The van der Waals surface area contributed by atoms with Crippen molar-refractivity contribution in [2.45, 2.75) is 27.3 Å². The van der Waals surface area contributed by atoms with Gasteiger partial charge in [0, 0.05) is 29.8 Å². The number of carbonyl (C=O) groups excluding carboxylic acids is 1. The van der Waals surface area contributed by atoms with Crippen LogP contribution >= 0.6 is 12.4 Å². The summed E-state index contributed by atoms with van der Waals surface area (Å²) < 4.78 is 5.37. The van der Waals surface area contributed by atoms with Crippen molar-refractivity contribution in [3.05, 3.63) is 59.7 Å². The Kier molecular flexibility index (Phi) is 6.94. The van der Waals surface area contributed by atoms with Crippen molar-refractivity contribution in [3.63, 3.8) is 0 Å². The van der Waals surface area contributed by atoms with Crippen LogP contribution in [0.25, 0.3) is 22.8 Å². The van der Waals surface area contributed by atoms with Gasteiger partial charge in [-0.05, 0) is 35.2 Å². The molecule has 0 bridgehead atoms. The van der Waals surface area contributed by atoms with E-state index in [0.717, 1.165) is 16.7 Å². The molecular formula is C21H25ClN4O2. The Balaban J connectivity index is 0.00000280. The molecule has 1 aromatic heterocycles. The van der Waals surface area contributed by atoms with E-state index < -0.39 is 0 Å². The first kappa shape index (κ1) is 21.6. The molecule has 1 heterocycles. The predicted molar refractivity (Wildman–Crippen MR) is 112 cm³/mol. The monoisotopic (exact) mass is 400 g/mol. The minimum Gasteiger partial charge on any atom is -0.352 e. The Morgan fingerprint density at radius 1 is 1.04 bits per heavy atom. The highest BCUT2D eigenvalue weighted by atomic mass is 35.5. The predicted octanol–water partition coefficient (Wildman–Crippen LogP) is 4.06. The van der Waals surface area contributed by atoms with Crippen LogP contribution < -0.4 is 11.1 Å². The number of aromatic nitrogens is 2. The van der Waals surface area contributed by atoms with Gasteiger partial charge in [-0.2, -0.15) is 4.98 Å². The number of nitrogens with zero attached hydrogens (tertiary/aromatic N) is 2. The Bertz CT molecular complexity index is 913. The van der Waals surface area contributed by atoms with E-state index in [1.54, 1.807) is 24.3 Å². The van der Waals surface area contributed by atoms with Crippen LogP contribution in [-0.4, -0.2) is 22.6 Å². The molecule has 0 saturated carbocycles. The fourth-order valence-corrected chi connectivity index (χ4v) is 2.46. The lowest BCUT2D eigenvalue weighted by Gasteiger charge is -2.18. The molecule has 0 saturated heterocycles. The van der Waals surface area contributed by atoms with E-state index in [1.165, 1.54) is 0 Å². The number of rotatable bonds is 5. The van der Waals surface area contributed by atoms with Gasteiger partial charge in [0.05, 0.1) is 0 Å². The Hall–Kier alpha value is -2.70. The van der Waals surface area contributed by atoms with E-state index in [-0.39, 0.29) is 23.7 Å². The van der Waals surface area contributed by atoms with E-state index >= 15 is 0 Å². The van der Waals surface area contributed by atoms with Crippen LogP contribution in [-0.2, 0) is 6.54 Å². The fraction of sp³-hybridized carbons (Fsp3) is 0.286. The van der Waals surface area contributed by atoms with Crippen molar-refractivity contribution in [2.75, 3.05) is 6.54 Å². The number of benzene rings is 2. The van der Waals surface area contributed by atoms with Crippen LogP contribution in [0, 0.1) is 5.41 Å². The third-order valence-corrected chi connectivity index (χ3v) is 4.05. The SMILES string of the molecule is CC(C)(C)CNC(=O)c1ccc(-c2nc(-c3ccc(CN)cc3)no2)cc1.Cl. The average Bonchev–Trinajstić information content (AvgIpc) is 3.16. The minimum absolute atomic E-state index is 0. The van der Waals surface area contributed by atoms with Gasteiger partial charge in [0.1, 0.15) is 0 Å². The van der Waals surface area contributed by atoms with Gasteiger partial charge < -0.3 is 15.6 Å². The van der Waals surface area contributed by atoms with Gasteiger partial charge in [-0.3, -0.25) is 4.79 Å². The van der Waals surface area contributed by atoms with E-state index in [4.69, 9.17) is 10.3 Å². The third kappa shape index (κ3) is 5.41. The number of hydrogen-bond acceptors (Lipinski definition) is 5. The number of nitrogens with one attached hydrogen (secondary N) is 1. The minimum atomic E-state index is -0.0947. The summed E-state index contributed by atoms with van der Waals surface area (Å²) in [5.41, 5.74) is 8.92.